The first-order chi connectivity index (χ1) is 15.0. The highest BCUT2D eigenvalue weighted by Gasteiger charge is 2.45. The van der Waals surface area contributed by atoms with Crippen molar-refractivity contribution in [1.29, 1.82) is 0 Å². The highest BCUT2D eigenvalue weighted by atomic mass is 19.1. The molecule has 0 radical (unpaired) electrons. The lowest BCUT2D eigenvalue weighted by atomic mass is 10.2. The van der Waals surface area contributed by atoms with Gasteiger partial charge in [0, 0.05) is 26.2 Å². The molecule has 0 unspecified atom stereocenters. The van der Waals surface area contributed by atoms with Crippen LogP contribution in [-0.2, 0) is 13.6 Å². The molecule has 1 aliphatic carbocycles. The van der Waals surface area contributed by atoms with E-state index in [1.54, 1.807) is 17.9 Å². The summed E-state index contributed by atoms with van der Waals surface area (Å²) in [4.78, 5) is 26.0. The number of benzene rings is 1. The van der Waals surface area contributed by atoms with Gasteiger partial charge in [0.25, 0.3) is 5.56 Å². The van der Waals surface area contributed by atoms with Gasteiger partial charge < -0.3 is 14.0 Å². The molecule has 11 heteroatoms. The number of aromatic nitrogens is 6. The molecule has 4 aromatic rings. The van der Waals surface area contributed by atoms with Crippen molar-refractivity contribution in [2.45, 2.75) is 13.0 Å². The molecule has 2 atom stereocenters. The molecule has 4 heterocycles. The van der Waals surface area contributed by atoms with Crippen LogP contribution in [0.15, 0.2) is 46.5 Å². The zero-order valence-corrected chi connectivity index (χ0v) is 16.7. The molecule has 0 spiro atoms. The predicted octanol–water partition coefficient (Wildman–Crippen LogP) is 1.98. The summed E-state index contributed by atoms with van der Waals surface area (Å²) in [6.07, 6.45) is 5.53. The van der Waals surface area contributed by atoms with Crippen molar-refractivity contribution in [3.8, 4) is 0 Å². The SMILES string of the molecule is Cn1cnc2ncn(Cc3ncno3)c(=O)c21.Fc1ccc(F)c(N2C[C@H]3C[C@H]3C2)c1. The van der Waals surface area contributed by atoms with Crippen LogP contribution < -0.4 is 10.5 Å². The van der Waals surface area contributed by atoms with E-state index in [0.29, 0.717) is 22.7 Å². The lowest BCUT2D eigenvalue weighted by Crippen LogP contribution is -2.22. The van der Waals surface area contributed by atoms with Crippen molar-refractivity contribution < 1.29 is 13.3 Å². The third-order valence-electron chi connectivity index (χ3n) is 5.64. The number of hydrogen-bond acceptors (Lipinski definition) is 7. The topological polar surface area (TPSA) is 94.9 Å². The molecule has 0 amide bonds. The van der Waals surface area contributed by atoms with E-state index >= 15 is 0 Å². The summed E-state index contributed by atoms with van der Waals surface area (Å²) < 4.78 is 34.2. The van der Waals surface area contributed by atoms with Gasteiger partial charge in [-0.05, 0) is 30.4 Å². The van der Waals surface area contributed by atoms with E-state index < -0.39 is 0 Å². The Morgan fingerprint density at radius 1 is 1.13 bits per heavy atom. The number of rotatable bonds is 3. The van der Waals surface area contributed by atoms with E-state index in [4.69, 9.17) is 4.52 Å². The quantitative estimate of drug-likeness (QED) is 0.493. The number of fused-ring (bicyclic) bond motifs is 2. The fourth-order valence-electron chi connectivity index (χ4n) is 3.92. The van der Waals surface area contributed by atoms with Crippen molar-refractivity contribution in [2.24, 2.45) is 18.9 Å². The average Bonchev–Trinajstić information content (AvgIpc) is 3.14. The molecule has 3 aromatic heterocycles. The zero-order valence-electron chi connectivity index (χ0n) is 16.7. The highest BCUT2D eigenvalue weighted by Crippen LogP contribution is 2.46. The molecular weight excluding hydrogens is 408 g/mol. The molecule has 31 heavy (non-hydrogen) atoms. The summed E-state index contributed by atoms with van der Waals surface area (Å²) in [5, 5.41) is 3.48. The van der Waals surface area contributed by atoms with Crippen LogP contribution in [0.4, 0.5) is 14.5 Å². The van der Waals surface area contributed by atoms with Gasteiger partial charge in [-0.1, -0.05) is 5.16 Å². The fraction of sp³-hybridized carbons (Fsp3) is 0.350. The van der Waals surface area contributed by atoms with Gasteiger partial charge in [-0.3, -0.25) is 9.36 Å². The number of imidazole rings is 1. The van der Waals surface area contributed by atoms with Gasteiger partial charge in [0.05, 0.1) is 12.0 Å². The smallest absolute Gasteiger partial charge is 0.280 e. The van der Waals surface area contributed by atoms with Crippen LogP contribution in [0.3, 0.4) is 0 Å². The molecule has 6 rings (SSSR count). The highest BCUT2D eigenvalue weighted by molar-refractivity contribution is 5.68. The summed E-state index contributed by atoms with van der Waals surface area (Å²) in [5.41, 5.74) is 1.12. The number of anilines is 1. The van der Waals surface area contributed by atoms with Crippen LogP contribution in [0.2, 0.25) is 0 Å². The molecule has 0 N–H and O–H groups in total. The first-order valence-electron chi connectivity index (χ1n) is 9.81. The van der Waals surface area contributed by atoms with Crippen molar-refractivity contribution in [2.75, 3.05) is 18.0 Å². The maximum atomic E-state index is 13.4. The van der Waals surface area contributed by atoms with Gasteiger partial charge in [-0.25, -0.2) is 18.7 Å². The maximum Gasteiger partial charge on any atom is 0.280 e. The fourth-order valence-corrected chi connectivity index (χ4v) is 3.92. The zero-order chi connectivity index (χ0) is 21.5. The molecule has 1 saturated carbocycles. The van der Waals surface area contributed by atoms with Crippen LogP contribution in [0.1, 0.15) is 12.3 Å². The minimum Gasteiger partial charge on any atom is -0.369 e. The van der Waals surface area contributed by atoms with Gasteiger partial charge in [0.15, 0.2) is 17.5 Å². The van der Waals surface area contributed by atoms with Crippen molar-refractivity contribution >= 4 is 16.9 Å². The lowest BCUT2D eigenvalue weighted by Gasteiger charge is -2.20. The summed E-state index contributed by atoms with van der Waals surface area (Å²) >= 11 is 0. The Morgan fingerprint density at radius 3 is 2.65 bits per heavy atom. The average molecular weight is 427 g/mol. The van der Waals surface area contributed by atoms with Gasteiger partial charge in [0.2, 0.25) is 5.89 Å². The Kier molecular flexibility index (Phi) is 4.72. The Bertz CT molecular complexity index is 1270. The summed E-state index contributed by atoms with van der Waals surface area (Å²) in [5.74, 6) is 1.15. The number of aryl methyl sites for hydroxylation is 1. The summed E-state index contributed by atoms with van der Waals surface area (Å²) in [6, 6.07) is 3.66. The van der Waals surface area contributed by atoms with Gasteiger partial charge in [0.1, 0.15) is 24.5 Å². The number of piperidine rings is 1. The van der Waals surface area contributed by atoms with Crippen molar-refractivity contribution in [3.05, 3.63) is 65.1 Å². The van der Waals surface area contributed by atoms with E-state index in [9.17, 15) is 13.6 Å². The largest absolute Gasteiger partial charge is 0.369 e. The van der Waals surface area contributed by atoms with E-state index in [-0.39, 0.29) is 23.7 Å². The first-order valence-corrected chi connectivity index (χ1v) is 9.81. The van der Waals surface area contributed by atoms with Crippen molar-refractivity contribution in [1.82, 2.24) is 29.2 Å². The van der Waals surface area contributed by atoms with Gasteiger partial charge in [-0.2, -0.15) is 4.98 Å². The second-order valence-electron chi connectivity index (χ2n) is 7.80. The standard InChI is InChI=1S/C11H11F2N.C9H8N6O2/c12-9-1-2-10(13)11(4-9)14-5-7-3-8(7)6-14;1-14-4-11-8-7(14)9(16)15(5-12-8)2-6-10-3-13-17-6/h1-2,4,7-8H,3,5-6H2;3-5H,2H2,1H3/t7-,8+;. The van der Waals surface area contributed by atoms with Gasteiger partial charge in [-0.15, -0.1) is 0 Å². The van der Waals surface area contributed by atoms with E-state index in [0.717, 1.165) is 31.0 Å². The molecule has 1 saturated heterocycles. The molecule has 2 aliphatic rings. The maximum absolute atomic E-state index is 13.4. The second-order valence-corrected chi connectivity index (χ2v) is 7.80. The third-order valence-corrected chi connectivity index (χ3v) is 5.64. The second kappa shape index (κ2) is 7.56. The molecule has 1 aliphatic heterocycles. The van der Waals surface area contributed by atoms with E-state index in [1.807, 2.05) is 4.90 Å². The molecule has 2 fully saturated rings. The number of hydrogen-bond donors (Lipinski definition) is 0. The van der Waals surface area contributed by atoms with E-state index in [1.165, 1.54) is 35.8 Å². The van der Waals surface area contributed by atoms with E-state index in [2.05, 4.69) is 20.1 Å². The predicted molar refractivity (Wildman–Crippen MR) is 106 cm³/mol. The third kappa shape index (κ3) is 3.78. The Labute approximate surface area is 175 Å². The van der Waals surface area contributed by atoms with Crippen LogP contribution in [0.5, 0.6) is 0 Å². The minimum absolute atomic E-state index is 0.187. The van der Waals surface area contributed by atoms with Crippen LogP contribution in [0, 0.1) is 23.5 Å². The van der Waals surface area contributed by atoms with Crippen molar-refractivity contribution in [3.63, 3.8) is 0 Å². The Hall–Kier alpha value is -3.63. The monoisotopic (exact) mass is 427 g/mol. The molecule has 9 nitrogen and oxygen atoms in total. The number of nitrogens with zero attached hydrogens (tertiary/aromatic N) is 7. The lowest BCUT2D eigenvalue weighted by molar-refractivity contribution is 0.368. The molecular formula is C20H19F2N7O2. The normalized spacial score (nSPS) is 19.3. The summed E-state index contributed by atoms with van der Waals surface area (Å²) in [6.45, 7) is 1.99. The summed E-state index contributed by atoms with van der Waals surface area (Å²) in [7, 11) is 1.75. The Morgan fingerprint density at radius 2 is 1.90 bits per heavy atom. The first kappa shape index (κ1) is 19.3. The minimum atomic E-state index is -0.359. The van der Waals surface area contributed by atoms with Crippen LogP contribution >= 0.6 is 0 Å². The van der Waals surface area contributed by atoms with Gasteiger partial charge >= 0.3 is 0 Å². The Balaban J connectivity index is 0.000000134. The van der Waals surface area contributed by atoms with Crippen LogP contribution in [-0.4, -0.2) is 42.3 Å². The molecule has 0 bridgehead atoms. The molecule has 1 aromatic carbocycles. The molecule has 160 valence electrons. The number of halogens is 2. The van der Waals surface area contributed by atoms with Crippen LogP contribution in [0.25, 0.3) is 11.2 Å².